The van der Waals surface area contributed by atoms with Crippen LogP contribution in [-0.4, -0.2) is 16.2 Å². The largest absolute Gasteiger partial charge is 0.481 e. The molecule has 5 rings (SSSR count). The van der Waals surface area contributed by atoms with Crippen molar-refractivity contribution in [3.05, 3.63) is 115 Å². The van der Waals surface area contributed by atoms with Crippen molar-refractivity contribution in [1.29, 1.82) is 0 Å². The molecule has 0 saturated heterocycles. The van der Waals surface area contributed by atoms with Crippen LogP contribution in [0.4, 0.5) is 0 Å². The summed E-state index contributed by atoms with van der Waals surface area (Å²) in [6.45, 7) is 0. The van der Waals surface area contributed by atoms with Crippen LogP contribution in [0.2, 0.25) is 0 Å². The summed E-state index contributed by atoms with van der Waals surface area (Å²) in [4.78, 5) is 11.4. The van der Waals surface area contributed by atoms with E-state index in [0.29, 0.717) is 22.8 Å². The number of para-hydroxylation sites is 2. The summed E-state index contributed by atoms with van der Waals surface area (Å²) in [5.74, 6) is 2.11. The molecule has 0 amide bonds. The number of hydrogen-bond acceptors (Lipinski definition) is 5. The Morgan fingerprint density at radius 1 is 0.657 bits per heavy atom. The summed E-state index contributed by atoms with van der Waals surface area (Å²) >= 11 is 0. The number of aromatic nitrogens is 1. The highest BCUT2D eigenvalue weighted by atomic mass is 16.5. The molecule has 0 bridgehead atoms. The van der Waals surface area contributed by atoms with Crippen molar-refractivity contribution >= 4 is 5.97 Å². The number of nitrogens with zero attached hydrogens (tertiary/aromatic N) is 1. The van der Waals surface area contributed by atoms with Crippen LogP contribution >= 0.6 is 0 Å². The van der Waals surface area contributed by atoms with Gasteiger partial charge in [-0.05, 0) is 66.2 Å². The third kappa shape index (κ3) is 5.23. The van der Waals surface area contributed by atoms with E-state index in [1.807, 2.05) is 109 Å². The molecular weight excluding hydrogens is 442 g/mol. The Balaban J connectivity index is 1.44. The Bertz CT molecular complexity index is 1410. The zero-order valence-corrected chi connectivity index (χ0v) is 18.6. The zero-order chi connectivity index (χ0) is 24.0. The predicted octanol–water partition coefficient (Wildman–Crippen LogP) is 7.22. The second-order valence-electron chi connectivity index (χ2n) is 7.78. The lowest BCUT2D eigenvalue weighted by atomic mass is 9.98. The van der Waals surface area contributed by atoms with Gasteiger partial charge in [-0.2, -0.15) is 0 Å². The summed E-state index contributed by atoms with van der Waals surface area (Å²) in [7, 11) is 0. The highest BCUT2D eigenvalue weighted by Gasteiger charge is 2.21. The van der Waals surface area contributed by atoms with E-state index in [0.717, 1.165) is 22.6 Å². The number of ether oxygens (including phenoxy) is 2. The average molecular weight is 463 g/mol. The van der Waals surface area contributed by atoms with Crippen molar-refractivity contribution in [2.75, 3.05) is 0 Å². The molecule has 6 heteroatoms. The van der Waals surface area contributed by atoms with Gasteiger partial charge in [0.15, 0.2) is 5.76 Å². The van der Waals surface area contributed by atoms with Crippen LogP contribution in [0.3, 0.4) is 0 Å². The lowest BCUT2D eigenvalue weighted by Crippen LogP contribution is -2.00. The van der Waals surface area contributed by atoms with Crippen LogP contribution < -0.4 is 9.47 Å². The molecule has 0 atom stereocenters. The Kier molecular flexibility index (Phi) is 6.26. The van der Waals surface area contributed by atoms with Gasteiger partial charge in [0.1, 0.15) is 35.1 Å². The van der Waals surface area contributed by atoms with Gasteiger partial charge in [-0.3, -0.25) is 4.79 Å². The third-order valence-corrected chi connectivity index (χ3v) is 5.30. The van der Waals surface area contributed by atoms with E-state index in [1.165, 1.54) is 0 Å². The van der Waals surface area contributed by atoms with Crippen LogP contribution in [0.1, 0.15) is 5.76 Å². The maximum absolute atomic E-state index is 11.4. The first-order chi connectivity index (χ1) is 17.2. The van der Waals surface area contributed by atoms with Crippen LogP contribution in [0.25, 0.3) is 22.4 Å². The molecule has 0 spiro atoms. The molecule has 1 N–H and O–H groups in total. The number of hydrogen-bond donors (Lipinski definition) is 1. The quantitative estimate of drug-likeness (QED) is 0.262. The molecule has 6 nitrogen and oxygen atoms in total. The Morgan fingerprint density at radius 2 is 1.11 bits per heavy atom. The van der Waals surface area contributed by atoms with Gasteiger partial charge in [0.2, 0.25) is 0 Å². The van der Waals surface area contributed by atoms with Crippen LogP contribution in [-0.2, 0) is 11.2 Å². The summed E-state index contributed by atoms with van der Waals surface area (Å²) in [5, 5.41) is 13.6. The molecule has 5 aromatic rings. The normalized spacial score (nSPS) is 10.6. The fraction of sp³-hybridized carbons (Fsp3) is 0.0345. The summed E-state index contributed by atoms with van der Waals surface area (Å²) < 4.78 is 17.2. The van der Waals surface area contributed by atoms with E-state index in [9.17, 15) is 9.90 Å². The van der Waals surface area contributed by atoms with E-state index in [1.54, 1.807) is 0 Å². The fourth-order valence-electron chi connectivity index (χ4n) is 3.70. The smallest absolute Gasteiger partial charge is 0.311 e. The van der Waals surface area contributed by atoms with E-state index in [-0.39, 0.29) is 12.2 Å². The number of carboxylic acids is 1. The molecular formula is C29H21NO5. The molecule has 0 aliphatic rings. The zero-order valence-electron chi connectivity index (χ0n) is 18.6. The van der Waals surface area contributed by atoms with Crippen molar-refractivity contribution < 1.29 is 23.9 Å². The van der Waals surface area contributed by atoms with Gasteiger partial charge in [-0.1, -0.05) is 53.7 Å². The van der Waals surface area contributed by atoms with Gasteiger partial charge in [0, 0.05) is 5.56 Å². The van der Waals surface area contributed by atoms with Crippen molar-refractivity contribution in [2.24, 2.45) is 0 Å². The van der Waals surface area contributed by atoms with Crippen molar-refractivity contribution in [1.82, 2.24) is 5.16 Å². The van der Waals surface area contributed by atoms with Gasteiger partial charge >= 0.3 is 5.97 Å². The molecule has 0 aliphatic carbocycles. The van der Waals surface area contributed by atoms with E-state index in [4.69, 9.17) is 14.0 Å². The Morgan fingerprint density at radius 3 is 1.60 bits per heavy atom. The second kappa shape index (κ2) is 9.97. The van der Waals surface area contributed by atoms with Crippen LogP contribution in [0.5, 0.6) is 23.0 Å². The maximum Gasteiger partial charge on any atom is 0.311 e. The molecule has 4 aromatic carbocycles. The molecule has 0 radical (unpaired) electrons. The van der Waals surface area contributed by atoms with E-state index >= 15 is 0 Å². The summed E-state index contributed by atoms with van der Waals surface area (Å²) in [6, 6.07) is 33.8. The minimum Gasteiger partial charge on any atom is -0.481 e. The maximum atomic E-state index is 11.4. The molecule has 0 unspecified atom stereocenters. The van der Waals surface area contributed by atoms with Crippen LogP contribution in [0.15, 0.2) is 114 Å². The first kappa shape index (κ1) is 22.0. The number of carboxylic acid groups (broad SMARTS) is 1. The van der Waals surface area contributed by atoms with Gasteiger partial charge in [0.25, 0.3) is 0 Å². The monoisotopic (exact) mass is 463 g/mol. The summed E-state index contributed by atoms with van der Waals surface area (Å²) in [6.07, 6.45) is -0.278. The number of carbonyl (C=O) groups is 1. The van der Waals surface area contributed by atoms with Crippen molar-refractivity contribution in [2.45, 2.75) is 6.42 Å². The standard InChI is InChI=1S/C29H21NO5/c31-27(32)19-26-28(20-11-15-24(16-12-20)33-22-7-3-1-4-8-22)29(30-35-26)21-13-17-25(18-14-21)34-23-9-5-2-6-10-23/h1-18H,19H2,(H,31,32). The van der Waals surface area contributed by atoms with Gasteiger partial charge < -0.3 is 19.1 Å². The number of benzene rings is 4. The van der Waals surface area contributed by atoms with Gasteiger partial charge in [0.05, 0.1) is 5.56 Å². The highest BCUT2D eigenvalue weighted by Crippen LogP contribution is 2.37. The molecule has 1 heterocycles. The van der Waals surface area contributed by atoms with E-state index < -0.39 is 5.97 Å². The van der Waals surface area contributed by atoms with E-state index in [2.05, 4.69) is 5.16 Å². The topological polar surface area (TPSA) is 81.8 Å². The SMILES string of the molecule is O=C(O)Cc1onc(-c2ccc(Oc3ccccc3)cc2)c1-c1ccc(Oc2ccccc2)cc1. The molecule has 1 aromatic heterocycles. The third-order valence-electron chi connectivity index (χ3n) is 5.30. The molecule has 35 heavy (non-hydrogen) atoms. The molecule has 0 aliphatic heterocycles. The Hall–Kier alpha value is -4.84. The fourth-order valence-corrected chi connectivity index (χ4v) is 3.70. The lowest BCUT2D eigenvalue weighted by Gasteiger charge is -2.09. The number of rotatable bonds is 8. The average Bonchev–Trinajstić information content (AvgIpc) is 3.29. The van der Waals surface area contributed by atoms with Crippen molar-refractivity contribution in [3.8, 4) is 45.4 Å². The van der Waals surface area contributed by atoms with Gasteiger partial charge in [-0.15, -0.1) is 0 Å². The van der Waals surface area contributed by atoms with Gasteiger partial charge in [-0.25, -0.2) is 0 Å². The molecule has 0 fully saturated rings. The summed E-state index contributed by atoms with van der Waals surface area (Å²) in [5.41, 5.74) is 2.76. The Labute approximate surface area is 202 Å². The minimum atomic E-state index is -0.996. The van der Waals surface area contributed by atoms with Crippen LogP contribution in [0, 0.1) is 0 Å². The second-order valence-corrected chi connectivity index (χ2v) is 7.78. The predicted molar refractivity (Wildman–Crippen MR) is 132 cm³/mol. The molecule has 172 valence electrons. The first-order valence-corrected chi connectivity index (χ1v) is 11.0. The van der Waals surface area contributed by atoms with Crippen molar-refractivity contribution in [3.63, 3.8) is 0 Å². The first-order valence-electron chi connectivity index (χ1n) is 11.0. The molecule has 0 saturated carbocycles. The highest BCUT2D eigenvalue weighted by molar-refractivity contribution is 5.85. The lowest BCUT2D eigenvalue weighted by molar-refractivity contribution is -0.136. The minimum absolute atomic E-state index is 0.278. The number of aliphatic carboxylic acids is 1.